The highest BCUT2D eigenvalue weighted by molar-refractivity contribution is 7.98. The lowest BCUT2D eigenvalue weighted by Gasteiger charge is -2.16. The van der Waals surface area contributed by atoms with Crippen LogP contribution >= 0.6 is 11.8 Å². The van der Waals surface area contributed by atoms with Gasteiger partial charge in [0.15, 0.2) is 0 Å². The zero-order valence-electron chi connectivity index (χ0n) is 10.8. The minimum atomic E-state index is -3.42. The predicted molar refractivity (Wildman–Crippen MR) is 76.6 cm³/mol. The van der Waals surface area contributed by atoms with Crippen LogP contribution in [0.3, 0.4) is 0 Å². The fraction of sp³-hybridized carbons (Fsp3) is 0.600. The number of aromatic nitrogens is 2. The van der Waals surface area contributed by atoms with Gasteiger partial charge < -0.3 is 4.98 Å². The van der Waals surface area contributed by atoms with Crippen LogP contribution in [0, 0.1) is 0 Å². The molecule has 1 unspecified atom stereocenters. The number of carbonyl (C=O) groups excluding carboxylic acids is 1. The molecule has 108 valence electrons. The Morgan fingerprint density at radius 2 is 2.32 bits per heavy atom. The lowest BCUT2D eigenvalue weighted by atomic mass is 10.2. The van der Waals surface area contributed by atoms with Gasteiger partial charge in [-0.25, -0.2) is 18.1 Å². The first kappa shape index (κ1) is 16.0. The molecule has 19 heavy (non-hydrogen) atoms. The Balaban J connectivity index is 2.69. The van der Waals surface area contributed by atoms with Gasteiger partial charge >= 0.3 is 0 Å². The molecule has 7 nitrogen and oxygen atoms in total. The van der Waals surface area contributed by atoms with E-state index in [1.165, 1.54) is 13.1 Å². The molecule has 1 aromatic heterocycles. The molecule has 1 rings (SSSR count). The molecule has 0 saturated carbocycles. The molecule has 0 aromatic carbocycles. The minimum Gasteiger partial charge on any atom is -0.331 e. The number of aromatic amines is 1. The Labute approximate surface area is 117 Å². The maximum absolute atomic E-state index is 12.0. The molecule has 1 amide bonds. The normalized spacial score (nSPS) is 13.2. The number of nitrogens with zero attached hydrogens (tertiary/aromatic N) is 1. The van der Waals surface area contributed by atoms with Gasteiger partial charge in [-0.15, -0.1) is 0 Å². The number of anilines is 1. The number of nitrogens with one attached hydrogen (secondary N) is 3. The molecule has 0 fully saturated rings. The average molecular weight is 306 g/mol. The van der Waals surface area contributed by atoms with Gasteiger partial charge in [-0.05, 0) is 25.4 Å². The highest BCUT2D eigenvalue weighted by Crippen LogP contribution is 2.05. The Bertz CT molecular complexity index is 487. The average Bonchev–Trinajstić information content (AvgIpc) is 2.87. The van der Waals surface area contributed by atoms with Crippen LogP contribution in [0.15, 0.2) is 12.4 Å². The van der Waals surface area contributed by atoms with Crippen molar-refractivity contribution in [2.75, 3.05) is 23.1 Å². The summed E-state index contributed by atoms with van der Waals surface area (Å²) in [7, 11) is -3.42. The number of amides is 1. The van der Waals surface area contributed by atoms with Gasteiger partial charge in [-0.2, -0.15) is 11.8 Å². The predicted octanol–water partition coefficient (Wildman–Crippen LogP) is 0.409. The van der Waals surface area contributed by atoms with Gasteiger partial charge in [0.05, 0.1) is 5.75 Å². The van der Waals surface area contributed by atoms with Crippen molar-refractivity contribution >= 4 is 33.6 Å². The van der Waals surface area contributed by atoms with E-state index in [2.05, 4.69) is 20.0 Å². The molecular weight excluding hydrogens is 288 g/mol. The smallest absolute Gasteiger partial charge is 0.244 e. The first-order valence-corrected chi connectivity index (χ1v) is 8.82. The fourth-order valence-electron chi connectivity index (χ4n) is 1.32. The summed E-state index contributed by atoms with van der Waals surface area (Å²) in [4.78, 5) is 18.6. The first-order valence-electron chi connectivity index (χ1n) is 5.77. The van der Waals surface area contributed by atoms with Crippen molar-refractivity contribution in [1.82, 2.24) is 14.7 Å². The van der Waals surface area contributed by atoms with Gasteiger partial charge in [0.1, 0.15) is 6.04 Å². The number of imidazole rings is 1. The van der Waals surface area contributed by atoms with E-state index in [9.17, 15) is 13.2 Å². The van der Waals surface area contributed by atoms with Crippen molar-refractivity contribution in [1.29, 1.82) is 0 Å². The summed E-state index contributed by atoms with van der Waals surface area (Å²) in [6.07, 6.45) is 5.40. The Morgan fingerprint density at radius 1 is 1.58 bits per heavy atom. The van der Waals surface area contributed by atoms with E-state index < -0.39 is 22.0 Å². The third-order valence-corrected chi connectivity index (χ3v) is 4.42. The quantitative estimate of drug-likeness (QED) is 0.645. The summed E-state index contributed by atoms with van der Waals surface area (Å²) in [5, 5.41) is 2.54. The summed E-state index contributed by atoms with van der Waals surface area (Å²) in [6, 6.07) is -0.789. The van der Waals surface area contributed by atoms with Crippen LogP contribution in [0.5, 0.6) is 0 Å². The van der Waals surface area contributed by atoms with Crippen LogP contribution in [0.4, 0.5) is 5.95 Å². The summed E-state index contributed by atoms with van der Waals surface area (Å²) >= 11 is 1.55. The van der Waals surface area contributed by atoms with Crippen LogP contribution < -0.4 is 10.0 Å². The van der Waals surface area contributed by atoms with Crippen LogP contribution in [0.2, 0.25) is 0 Å². The largest absolute Gasteiger partial charge is 0.331 e. The molecule has 0 spiro atoms. The summed E-state index contributed by atoms with van der Waals surface area (Å²) in [6.45, 7) is 1.53. The van der Waals surface area contributed by atoms with Crippen LogP contribution in [-0.4, -0.2) is 48.1 Å². The number of carbonyl (C=O) groups is 1. The Hall–Kier alpha value is -1.06. The van der Waals surface area contributed by atoms with E-state index >= 15 is 0 Å². The SMILES string of the molecule is CCS(=O)(=O)NC(CCSC)C(=O)Nc1ncc[nH]1. The van der Waals surface area contributed by atoms with Crippen LogP contribution in [-0.2, 0) is 14.8 Å². The third-order valence-electron chi connectivity index (χ3n) is 2.37. The van der Waals surface area contributed by atoms with Crippen LogP contribution in [0.25, 0.3) is 0 Å². The summed E-state index contributed by atoms with van der Waals surface area (Å²) < 4.78 is 25.5. The zero-order valence-corrected chi connectivity index (χ0v) is 12.5. The lowest BCUT2D eigenvalue weighted by Crippen LogP contribution is -2.44. The van der Waals surface area contributed by atoms with E-state index in [1.54, 1.807) is 18.0 Å². The lowest BCUT2D eigenvalue weighted by molar-refractivity contribution is -0.117. The van der Waals surface area contributed by atoms with Gasteiger partial charge in [0.25, 0.3) is 0 Å². The molecule has 0 aliphatic carbocycles. The Kier molecular flexibility index (Phi) is 6.32. The molecule has 9 heteroatoms. The second-order valence-corrected chi connectivity index (χ2v) is 6.81. The van der Waals surface area contributed by atoms with Gasteiger partial charge in [-0.3, -0.25) is 10.1 Å². The van der Waals surface area contributed by atoms with Crippen molar-refractivity contribution in [3.8, 4) is 0 Å². The molecule has 1 aromatic rings. The highest BCUT2D eigenvalue weighted by atomic mass is 32.2. The highest BCUT2D eigenvalue weighted by Gasteiger charge is 2.23. The van der Waals surface area contributed by atoms with Gasteiger partial charge in [0, 0.05) is 12.4 Å². The number of rotatable bonds is 8. The molecule has 1 atom stereocenters. The summed E-state index contributed by atoms with van der Waals surface area (Å²) in [5.74, 6) is 0.509. The monoisotopic (exact) mass is 306 g/mol. The number of H-pyrrole nitrogens is 1. The van der Waals surface area contributed by atoms with Crippen LogP contribution in [0.1, 0.15) is 13.3 Å². The van der Waals surface area contributed by atoms with Crippen molar-refractivity contribution in [3.63, 3.8) is 0 Å². The zero-order chi connectivity index (χ0) is 14.3. The fourth-order valence-corrected chi connectivity index (χ4v) is 2.61. The molecule has 0 aliphatic rings. The van der Waals surface area contributed by atoms with Crippen molar-refractivity contribution in [2.24, 2.45) is 0 Å². The van der Waals surface area contributed by atoms with Crippen molar-refractivity contribution in [3.05, 3.63) is 12.4 Å². The topological polar surface area (TPSA) is 104 Å². The maximum Gasteiger partial charge on any atom is 0.244 e. The minimum absolute atomic E-state index is 0.0587. The number of sulfonamides is 1. The second kappa shape index (κ2) is 7.51. The molecule has 0 bridgehead atoms. The molecule has 0 aliphatic heterocycles. The number of hydrogen-bond donors (Lipinski definition) is 3. The van der Waals surface area contributed by atoms with Gasteiger partial charge in [-0.1, -0.05) is 0 Å². The standard InChI is InChI=1S/C10H18N4O3S2/c1-3-19(16,17)14-8(4-7-18-2)9(15)13-10-11-5-6-12-10/h5-6,8,14H,3-4,7H2,1-2H3,(H2,11,12,13,15). The number of thioether (sulfide) groups is 1. The van der Waals surface area contributed by atoms with E-state index in [-0.39, 0.29) is 5.75 Å². The van der Waals surface area contributed by atoms with Crippen molar-refractivity contribution in [2.45, 2.75) is 19.4 Å². The van der Waals surface area contributed by atoms with Gasteiger partial charge in [0.2, 0.25) is 21.9 Å². The van der Waals surface area contributed by atoms with Crippen molar-refractivity contribution < 1.29 is 13.2 Å². The number of hydrogen-bond acceptors (Lipinski definition) is 5. The molecule has 0 radical (unpaired) electrons. The molecule has 1 heterocycles. The first-order chi connectivity index (χ1) is 8.98. The molecule has 0 saturated heterocycles. The molecular formula is C10H18N4O3S2. The third kappa shape index (κ3) is 5.62. The second-order valence-electron chi connectivity index (χ2n) is 3.78. The Morgan fingerprint density at radius 3 is 2.84 bits per heavy atom. The molecule has 3 N–H and O–H groups in total. The summed E-state index contributed by atoms with van der Waals surface area (Å²) in [5.41, 5.74) is 0. The van der Waals surface area contributed by atoms with E-state index in [1.807, 2.05) is 6.26 Å². The van der Waals surface area contributed by atoms with E-state index in [4.69, 9.17) is 0 Å². The maximum atomic E-state index is 12.0. The van der Waals surface area contributed by atoms with E-state index in [0.717, 1.165) is 0 Å². The van der Waals surface area contributed by atoms with E-state index in [0.29, 0.717) is 18.1 Å².